The molecule has 1 aliphatic rings. The standard InChI is InChI=1S/C57H43N/c1-57(2)52-33-16-14-30-49(52)50-37-36-44(39-53(50)57)47-29-15-17-34-54(47)58(45-27-18-26-43(38-45)40-20-6-3-7-21-40)55-35-19-32-48(42-24-10-5-11-25-42)56(55)51-31-13-12-28-46(51)41-22-8-4-9-23-41/h3-39H,1-2H3. The van der Waals surface area contributed by atoms with Crippen molar-refractivity contribution in [2.75, 3.05) is 4.90 Å². The van der Waals surface area contributed by atoms with Gasteiger partial charge in [-0.15, -0.1) is 0 Å². The minimum absolute atomic E-state index is 0.112. The molecule has 0 unspecified atom stereocenters. The number of rotatable bonds is 8. The van der Waals surface area contributed by atoms with Gasteiger partial charge in [-0.1, -0.05) is 208 Å². The molecule has 0 aromatic heterocycles. The minimum atomic E-state index is -0.112. The van der Waals surface area contributed by atoms with Gasteiger partial charge < -0.3 is 4.90 Å². The molecule has 1 heteroatoms. The molecule has 0 atom stereocenters. The fourth-order valence-electron chi connectivity index (χ4n) is 9.09. The van der Waals surface area contributed by atoms with E-state index in [-0.39, 0.29) is 5.41 Å². The molecule has 276 valence electrons. The van der Waals surface area contributed by atoms with Crippen LogP contribution in [0.15, 0.2) is 224 Å². The third-order valence-electron chi connectivity index (χ3n) is 11.9. The minimum Gasteiger partial charge on any atom is -0.309 e. The summed E-state index contributed by atoms with van der Waals surface area (Å²) in [6, 6.07) is 81.9. The topological polar surface area (TPSA) is 3.24 Å². The molecule has 10 rings (SSSR count). The Morgan fingerprint density at radius 1 is 0.293 bits per heavy atom. The first kappa shape index (κ1) is 35.2. The highest BCUT2D eigenvalue weighted by Gasteiger charge is 2.35. The van der Waals surface area contributed by atoms with Gasteiger partial charge in [-0.3, -0.25) is 0 Å². The summed E-state index contributed by atoms with van der Waals surface area (Å²) in [5, 5.41) is 0. The summed E-state index contributed by atoms with van der Waals surface area (Å²) in [6.45, 7) is 4.72. The van der Waals surface area contributed by atoms with Crippen molar-refractivity contribution in [2.24, 2.45) is 0 Å². The summed E-state index contributed by atoms with van der Waals surface area (Å²) in [5.41, 5.74) is 20.4. The Bertz CT molecular complexity index is 2910. The summed E-state index contributed by atoms with van der Waals surface area (Å²) in [5.74, 6) is 0. The van der Waals surface area contributed by atoms with Crippen molar-refractivity contribution in [3.05, 3.63) is 236 Å². The number of hydrogen-bond acceptors (Lipinski definition) is 1. The Morgan fingerprint density at radius 2 is 0.793 bits per heavy atom. The lowest BCUT2D eigenvalue weighted by atomic mass is 9.81. The van der Waals surface area contributed by atoms with Gasteiger partial charge in [-0.2, -0.15) is 0 Å². The first-order chi connectivity index (χ1) is 28.6. The van der Waals surface area contributed by atoms with Crippen molar-refractivity contribution in [3.63, 3.8) is 0 Å². The van der Waals surface area contributed by atoms with Crippen LogP contribution in [0.25, 0.3) is 66.8 Å². The molecule has 0 amide bonds. The first-order valence-corrected chi connectivity index (χ1v) is 20.2. The second-order valence-corrected chi connectivity index (χ2v) is 15.7. The van der Waals surface area contributed by atoms with E-state index in [1.807, 2.05) is 0 Å². The number of benzene rings is 9. The highest BCUT2D eigenvalue weighted by atomic mass is 15.1. The van der Waals surface area contributed by atoms with Gasteiger partial charge >= 0.3 is 0 Å². The Balaban J connectivity index is 1.26. The molecule has 0 fully saturated rings. The van der Waals surface area contributed by atoms with Crippen LogP contribution < -0.4 is 4.90 Å². The fourth-order valence-corrected chi connectivity index (χ4v) is 9.09. The number of fused-ring (bicyclic) bond motifs is 3. The SMILES string of the molecule is CC1(C)c2ccccc2-c2ccc(-c3ccccc3N(c3cccc(-c4ccccc4)c3)c3cccc(-c4ccccc4)c3-c3ccccc3-c3ccccc3)cc21. The van der Waals surface area contributed by atoms with Gasteiger partial charge in [0.05, 0.1) is 11.4 Å². The Kier molecular flexibility index (Phi) is 8.92. The molecule has 1 nitrogen and oxygen atoms in total. The van der Waals surface area contributed by atoms with E-state index in [1.54, 1.807) is 0 Å². The van der Waals surface area contributed by atoms with Crippen LogP contribution in [0.5, 0.6) is 0 Å². The third-order valence-corrected chi connectivity index (χ3v) is 11.9. The van der Waals surface area contributed by atoms with Crippen LogP contribution >= 0.6 is 0 Å². The average molecular weight is 742 g/mol. The number of hydrogen-bond donors (Lipinski definition) is 0. The van der Waals surface area contributed by atoms with E-state index in [9.17, 15) is 0 Å². The van der Waals surface area contributed by atoms with Gasteiger partial charge in [0.25, 0.3) is 0 Å². The molecule has 9 aromatic rings. The highest BCUT2D eigenvalue weighted by Crippen LogP contribution is 2.52. The molecule has 0 radical (unpaired) electrons. The van der Waals surface area contributed by atoms with Gasteiger partial charge in [-0.25, -0.2) is 0 Å². The molecule has 0 saturated carbocycles. The van der Waals surface area contributed by atoms with E-state index in [1.165, 1.54) is 77.9 Å². The highest BCUT2D eigenvalue weighted by molar-refractivity contribution is 6.03. The largest absolute Gasteiger partial charge is 0.309 e. The summed E-state index contributed by atoms with van der Waals surface area (Å²) >= 11 is 0. The van der Waals surface area contributed by atoms with Gasteiger partial charge in [-0.05, 0) is 97.1 Å². The molecule has 58 heavy (non-hydrogen) atoms. The van der Waals surface area contributed by atoms with E-state index >= 15 is 0 Å². The Labute approximate surface area is 342 Å². The zero-order valence-electron chi connectivity index (χ0n) is 32.8. The number of nitrogens with zero attached hydrogens (tertiary/aromatic N) is 1. The summed E-state index contributed by atoms with van der Waals surface area (Å²) in [4.78, 5) is 2.50. The molecule has 0 N–H and O–H groups in total. The molecular weight excluding hydrogens is 699 g/mol. The zero-order chi connectivity index (χ0) is 39.1. The molecule has 1 aliphatic carbocycles. The lowest BCUT2D eigenvalue weighted by molar-refractivity contribution is 0.660. The number of anilines is 3. The van der Waals surface area contributed by atoms with E-state index in [0.29, 0.717) is 0 Å². The van der Waals surface area contributed by atoms with Gasteiger partial charge in [0.2, 0.25) is 0 Å². The first-order valence-electron chi connectivity index (χ1n) is 20.2. The van der Waals surface area contributed by atoms with E-state index in [0.717, 1.165) is 17.1 Å². The molecule has 0 heterocycles. The lowest BCUT2D eigenvalue weighted by Crippen LogP contribution is -2.15. The molecule has 0 spiro atoms. The van der Waals surface area contributed by atoms with Crippen molar-refractivity contribution < 1.29 is 0 Å². The maximum atomic E-state index is 2.50. The predicted octanol–water partition coefficient (Wildman–Crippen LogP) is 15.8. The van der Waals surface area contributed by atoms with Crippen LogP contribution in [-0.4, -0.2) is 0 Å². The molecule has 0 aliphatic heterocycles. The molecule has 0 saturated heterocycles. The van der Waals surface area contributed by atoms with Crippen molar-refractivity contribution in [3.8, 4) is 66.8 Å². The zero-order valence-corrected chi connectivity index (χ0v) is 32.8. The summed E-state index contributed by atoms with van der Waals surface area (Å²) < 4.78 is 0. The van der Waals surface area contributed by atoms with Gasteiger partial charge in [0.15, 0.2) is 0 Å². The van der Waals surface area contributed by atoms with E-state index in [2.05, 4.69) is 243 Å². The van der Waals surface area contributed by atoms with Crippen molar-refractivity contribution in [1.29, 1.82) is 0 Å². The van der Waals surface area contributed by atoms with Crippen LogP contribution in [0.3, 0.4) is 0 Å². The third kappa shape index (κ3) is 6.13. The summed E-state index contributed by atoms with van der Waals surface area (Å²) in [6.07, 6.45) is 0. The van der Waals surface area contributed by atoms with Crippen molar-refractivity contribution >= 4 is 17.1 Å². The van der Waals surface area contributed by atoms with Crippen molar-refractivity contribution in [2.45, 2.75) is 19.3 Å². The van der Waals surface area contributed by atoms with Crippen molar-refractivity contribution in [1.82, 2.24) is 0 Å². The Hall–Kier alpha value is -7.22. The van der Waals surface area contributed by atoms with E-state index in [4.69, 9.17) is 0 Å². The van der Waals surface area contributed by atoms with E-state index < -0.39 is 0 Å². The monoisotopic (exact) mass is 741 g/mol. The molecular formula is C57H43N. The predicted molar refractivity (Wildman–Crippen MR) is 246 cm³/mol. The Morgan fingerprint density at radius 3 is 1.52 bits per heavy atom. The summed E-state index contributed by atoms with van der Waals surface area (Å²) in [7, 11) is 0. The van der Waals surface area contributed by atoms with Crippen LogP contribution in [0.2, 0.25) is 0 Å². The second kappa shape index (κ2) is 14.7. The van der Waals surface area contributed by atoms with Gasteiger partial charge in [0, 0.05) is 22.2 Å². The lowest BCUT2D eigenvalue weighted by Gasteiger charge is -2.32. The molecule has 0 bridgehead atoms. The number of para-hydroxylation sites is 1. The van der Waals surface area contributed by atoms with Gasteiger partial charge in [0.1, 0.15) is 0 Å². The smallest absolute Gasteiger partial charge is 0.0546 e. The quantitative estimate of drug-likeness (QED) is 0.150. The van der Waals surface area contributed by atoms with Crippen LogP contribution in [0.1, 0.15) is 25.0 Å². The van der Waals surface area contributed by atoms with Crippen LogP contribution in [0, 0.1) is 0 Å². The van der Waals surface area contributed by atoms with Crippen LogP contribution in [-0.2, 0) is 5.41 Å². The van der Waals surface area contributed by atoms with Crippen LogP contribution in [0.4, 0.5) is 17.1 Å². The maximum absolute atomic E-state index is 2.50. The maximum Gasteiger partial charge on any atom is 0.0546 e. The molecule has 9 aromatic carbocycles. The average Bonchev–Trinajstić information content (AvgIpc) is 3.52. The normalized spacial score (nSPS) is 12.4. The second-order valence-electron chi connectivity index (χ2n) is 15.7. The fraction of sp³-hybridized carbons (Fsp3) is 0.0526.